The number of halogens is 2. The average Bonchev–Trinajstić information content (AvgIpc) is 2.42. The first kappa shape index (κ1) is 15.4. The van der Waals surface area contributed by atoms with Crippen LogP contribution in [-0.4, -0.2) is 11.9 Å². The number of benzene rings is 2. The first-order valence-electron chi connectivity index (χ1n) is 6.00. The lowest BCUT2D eigenvalue weighted by molar-refractivity contribution is 0.101. The fourth-order valence-corrected chi connectivity index (χ4v) is 2.06. The molecule has 0 spiro atoms. The number of ketones is 1. The van der Waals surface area contributed by atoms with Crippen LogP contribution in [0.1, 0.15) is 17.3 Å². The maximum atomic E-state index is 11.8. The molecule has 21 heavy (non-hydrogen) atoms. The van der Waals surface area contributed by atoms with Gasteiger partial charge in [0, 0.05) is 16.3 Å². The third kappa shape index (κ3) is 4.21. The van der Waals surface area contributed by atoms with Crippen LogP contribution in [0.2, 0.25) is 10.0 Å². The number of Topliss-reactive ketones (excluding diaryl/α,β-unsaturated/α-hetero) is 1. The summed E-state index contributed by atoms with van der Waals surface area (Å²) >= 11 is 11.7. The Bertz CT molecular complexity index is 701. The van der Waals surface area contributed by atoms with Gasteiger partial charge in [0.05, 0.1) is 5.02 Å². The molecule has 0 atom stereocenters. The van der Waals surface area contributed by atoms with E-state index in [0.717, 1.165) is 0 Å². The average molecular weight is 324 g/mol. The quantitative estimate of drug-likeness (QED) is 0.825. The van der Waals surface area contributed by atoms with Crippen LogP contribution in [0.4, 0.5) is 10.5 Å². The molecule has 0 aliphatic heterocycles. The van der Waals surface area contributed by atoms with E-state index in [0.29, 0.717) is 16.3 Å². The van der Waals surface area contributed by atoms with E-state index in [1.54, 1.807) is 30.3 Å². The highest BCUT2D eigenvalue weighted by atomic mass is 35.5. The van der Waals surface area contributed by atoms with Crippen molar-refractivity contribution < 1.29 is 14.3 Å². The van der Waals surface area contributed by atoms with Gasteiger partial charge in [0.2, 0.25) is 0 Å². The Kier molecular flexibility index (Phi) is 4.83. The molecule has 0 heterocycles. The summed E-state index contributed by atoms with van der Waals surface area (Å²) < 4.78 is 5.08. The molecule has 0 aliphatic rings. The molecule has 0 radical (unpaired) electrons. The largest absolute Gasteiger partial charge is 0.417 e. The minimum atomic E-state index is -0.708. The SMILES string of the molecule is CC(=O)c1cccc(NC(=O)Oc2ccc(Cl)cc2Cl)c1. The summed E-state index contributed by atoms with van der Waals surface area (Å²) in [5.74, 6) is 0.106. The number of amides is 1. The van der Waals surface area contributed by atoms with Crippen molar-refractivity contribution >= 4 is 40.8 Å². The molecule has 2 rings (SSSR count). The molecule has 0 bridgehead atoms. The Morgan fingerprint density at radius 1 is 1.10 bits per heavy atom. The second-order valence-electron chi connectivity index (χ2n) is 4.23. The van der Waals surface area contributed by atoms with Gasteiger partial charge in [0.25, 0.3) is 0 Å². The van der Waals surface area contributed by atoms with Crippen molar-refractivity contribution in [3.8, 4) is 5.75 Å². The predicted octanol–water partition coefficient (Wildman–Crippen LogP) is 4.81. The third-order valence-corrected chi connectivity index (χ3v) is 3.14. The van der Waals surface area contributed by atoms with Crippen molar-refractivity contribution in [2.75, 3.05) is 5.32 Å². The van der Waals surface area contributed by atoms with Gasteiger partial charge in [-0.25, -0.2) is 4.79 Å². The molecule has 0 saturated heterocycles. The molecule has 4 nitrogen and oxygen atoms in total. The molecule has 0 saturated carbocycles. The van der Waals surface area contributed by atoms with Crippen LogP contribution in [-0.2, 0) is 0 Å². The van der Waals surface area contributed by atoms with E-state index in [2.05, 4.69) is 5.32 Å². The van der Waals surface area contributed by atoms with Gasteiger partial charge < -0.3 is 4.74 Å². The first-order valence-corrected chi connectivity index (χ1v) is 6.76. The van der Waals surface area contributed by atoms with Crippen molar-refractivity contribution in [1.29, 1.82) is 0 Å². The lowest BCUT2D eigenvalue weighted by Crippen LogP contribution is -2.17. The number of rotatable bonds is 3. The summed E-state index contributed by atoms with van der Waals surface area (Å²) in [5.41, 5.74) is 0.954. The predicted molar refractivity (Wildman–Crippen MR) is 82.6 cm³/mol. The molecule has 6 heteroatoms. The Morgan fingerprint density at radius 3 is 2.52 bits per heavy atom. The van der Waals surface area contributed by atoms with E-state index in [4.69, 9.17) is 27.9 Å². The van der Waals surface area contributed by atoms with Crippen molar-refractivity contribution in [1.82, 2.24) is 0 Å². The van der Waals surface area contributed by atoms with Gasteiger partial charge in [-0.2, -0.15) is 0 Å². The standard InChI is InChI=1S/C15H11Cl2NO3/c1-9(19)10-3-2-4-12(7-10)18-15(20)21-14-6-5-11(16)8-13(14)17/h2-8H,1H3,(H,18,20). The van der Waals surface area contributed by atoms with Crippen LogP contribution in [0.5, 0.6) is 5.75 Å². The summed E-state index contributed by atoms with van der Waals surface area (Å²) in [5, 5.41) is 3.20. The first-order chi connectivity index (χ1) is 9.95. The molecule has 1 amide bonds. The molecule has 1 N–H and O–H groups in total. The second-order valence-corrected chi connectivity index (χ2v) is 5.07. The Morgan fingerprint density at radius 2 is 1.86 bits per heavy atom. The zero-order valence-corrected chi connectivity index (χ0v) is 12.5. The highest BCUT2D eigenvalue weighted by Crippen LogP contribution is 2.27. The fraction of sp³-hybridized carbons (Fsp3) is 0.0667. The van der Waals surface area contributed by atoms with Crippen molar-refractivity contribution in [3.63, 3.8) is 0 Å². The number of hydrogen-bond donors (Lipinski definition) is 1. The Hall–Kier alpha value is -2.04. The van der Waals surface area contributed by atoms with Crippen LogP contribution in [0, 0.1) is 0 Å². The van der Waals surface area contributed by atoms with Crippen molar-refractivity contribution in [2.24, 2.45) is 0 Å². The number of carbonyl (C=O) groups excluding carboxylic acids is 2. The van der Waals surface area contributed by atoms with Gasteiger partial charge in [-0.3, -0.25) is 10.1 Å². The van der Waals surface area contributed by atoms with E-state index in [-0.39, 0.29) is 16.6 Å². The number of ether oxygens (including phenoxy) is 1. The van der Waals surface area contributed by atoms with E-state index < -0.39 is 6.09 Å². The van der Waals surface area contributed by atoms with E-state index in [1.165, 1.54) is 19.1 Å². The Labute approximate surface area is 131 Å². The lowest BCUT2D eigenvalue weighted by atomic mass is 10.1. The van der Waals surface area contributed by atoms with Crippen molar-refractivity contribution in [2.45, 2.75) is 6.92 Å². The van der Waals surface area contributed by atoms with E-state index in [1.807, 2.05) is 0 Å². The van der Waals surface area contributed by atoms with Gasteiger partial charge in [0.1, 0.15) is 0 Å². The van der Waals surface area contributed by atoms with Crippen LogP contribution < -0.4 is 10.1 Å². The summed E-state index contributed by atoms with van der Waals surface area (Å²) in [6, 6.07) is 11.1. The normalized spacial score (nSPS) is 10.0. The number of nitrogens with one attached hydrogen (secondary N) is 1. The molecule has 0 fully saturated rings. The van der Waals surface area contributed by atoms with Crippen LogP contribution in [0.25, 0.3) is 0 Å². The molecule has 0 aromatic heterocycles. The van der Waals surface area contributed by atoms with Gasteiger partial charge >= 0.3 is 6.09 Å². The van der Waals surface area contributed by atoms with Gasteiger partial charge in [-0.05, 0) is 37.3 Å². The van der Waals surface area contributed by atoms with E-state index in [9.17, 15) is 9.59 Å². The minimum Gasteiger partial charge on any atom is -0.409 e. The minimum absolute atomic E-state index is 0.0900. The number of carbonyl (C=O) groups is 2. The molecule has 0 unspecified atom stereocenters. The number of hydrogen-bond acceptors (Lipinski definition) is 3. The Balaban J connectivity index is 2.08. The number of anilines is 1. The van der Waals surface area contributed by atoms with E-state index >= 15 is 0 Å². The van der Waals surface area contributed by atoms with Gasteiger partial charge in [-0.1, -0.05) is 35.3 Å². The summed E-state index contributed by atoms with van der Waals surface area (Å²) in [6.07, 6.45) is -0.708. The van der Waals surface area contributed by atoms with Crippen molar-refractivity contribution in [3.05, 3.63) is 58.1 Å². The fourth-order valence-electron chi connectivity index (χ4n) is 1.62. The van der Waals surface area contributed by atoms with Crippen LogP contribution >= 0.6 is 23.2 Å². The maximum Gasteiger partial charge on any atom is 0.417 e. The van der Waals surface area contributed by atoms with Crippen LogP contribution in [0.15, 0.2) is 42.5 Å². The van der Waals surface area contributed by atoms with Gasteiger partial charge in [0.15, 0.2) is 11.5 Å². The summed E-state index contributed by atoms with van der Waals surface area (Å²) in [6.45, 7) is 1.45. The lowest BCUT2D eigenvalue weighted by Gasteiger charge is -2.08. The monoisotopic (exact) mass is 323 g/mol. The molecule has 0 aliphatic carbocycles. The second kappa shape index (κ2) is 6.61. The summed E-state index contributed by atoms with van der Waals surface area (Å²) in [7, 11) is 0. The third-order valence-electron chi connectivity index (χ3n) is 2.61. The molecule has 2 aromatic rings. The smallest absolute Gasteiger partial charge is 0.409 e. The zero-order chi connectivity index (χ0) is 15.4. The molecule has 108 valence electrons. The topological polar surface area (TPSA) is 55.4 Å². The van der Waals surface area contributed by atoms with Gasteiger partial charge in [-0.15, -0.1) is 0 Å². The molecule has 2 aromatic carbocycles. The highest BCUT2D eigenvalue weighted by molar-refractivity contribution is 6.35. The van der Waals surface area contributed by atoms with Crippen LogP contribution in [0.3, 0.4) is 0 Å². The molecular weight excluding hydrogens is 313 g/mol. The zero-order valence-electron chi connectivity index (χ0n) is 11.0. The highest BCUT2D eigenvalue weighted by Gasteiger charge is 2.10. The maximum absolute atomic E-state index is 11.8. The molecular formula is C15H11Cl2NO3. The summed E-state index contributed by atoms with van der Waals surface area (Å²) in [4.78, 5) is 23.1.